The number of fused-ring (bicyclic) bond motifs is 1. The van der Waals surface area contributed by atoms with Crippen molar-refractivity contribution in [3.05, 3.63) is 60.4 Å². The summed E-state index contributed by atoms with van der Waals surface area (Å²) in [6.07, 6.45) is 0. The van der Waals surface area contributed by atoms with Gasteiger partial charge in [0.05, 0.1) is 6.54 Å². The smallest absolute Gasteiger partial charge is 0.245 e. The van der Waals surface area contributed by atoms with Crippen molar-refractivity contribution in [2.75, 3.05) is 10.7 Å². The first-order valence-electron chi connectivity index (χ1n) is 9.71. The van der Waals surface area contributed by atoms with Gasteiger partial charge in [-0.05, 0) is 64.9 Å². The summed E-state index contributed by atoms with van der Waals surface area (Å²) in [4.78, 5) is 8.72. The number of hydrazine groups is 1. The number of nitrogens with zero attached hydrogens (tertiary/aromatic N) is 4. The molecular weight excluding hydrogens is 430 g/mol. The van der Waals surface area contributed by atoms with E-state index in [-0.39, 0.29) is 28.5 Å². The minimum absolute atomic E-state index is 0.142. The van der Waals surface area contributed by atoms with E-state index in [0.29, 0.717) is 41.0 Å². The first-order chi connectivity index (χ1) is 16.0. The Kier molecular flexibility index (Phi) is 5.09. The SMILES string of the molecule is Oc1ccc(Nc2nc3nonc3nc2NNCc2ccc(-c3ccc(O)c(O)c3)o2)cc1. The van der Waals surface area contributed by atoms with Gasteiger partial charge in [-0.3, -0.25) is 0 Å². The van der Waals surface area contributed by atoms with E-state index in [1.807, 2.05) is 0 Å². The highest BCUT2D eigenvalue weighted by Gasteiger charge is 2.14. The van der Waals surface area contributed by atoms with Crippen molar-refractivity contribution in [3.63, 3.8) is 0 Å². The summed E-state index contributed by atoms with van der Waals surface area (Å²) in [6.45, 7) is 0.291. The molecule has 0 radical (unpaired) electrons. The van der Waals surface area contributed by atoms with E-state index in [1.165, 1.54) is 12.1 Å². The molecule has 3 heterocycles. The largest absolute Gasteiger partial charge is 0.508 e. The predicted molar refractivity (Wildman–Crippen MR) is 117 cm³/mol. The fourth-order valence-electron chi connectivity index (χ4n) is 3.01. The van der Waals surface area contributed by atoms with Crippen LogP contribution >= 0.6 is 0 Å². The van der Waals surface area contributed by atoms with Crippen molar-refractivity contribution in [1.82, 2.24) is 25.7 Å². The second-order valence-corrected chi connectivity index (χ2v) is 6.95. The molecule has 6 N–H and O–H groups in total. The molecule has 33 heavy (non-hydrogen) atoms. The molecular formula is C21H17N7O5. The molecule has 12 nitrogen and oxygen atoms in total. The lowest BCUT2D eigenvalue weighted by Crippen LogP contribution is -2.22. The number of phenolic OH excluding ortho intramolecular Hbond substituents is 3. The summed E-state index contributed by atoms with van der Waals surface area (Å²) in [6, 6.07) is 14.4. The number of hydrogen-bond donors (Lipinski definition) is 6. The van der Waals surface area contributed by atoms with Gasteiger partial charge in [0.15, 0.2) is 23.1 Å². The molecule has 0 fully saturated rings. The fourth-order valence-corrected chi connectivity index (χ4v) is 3.01. The Morgan fingerprint density at radius 2 is 1.55 bits per heavy atom. The lowest BCUT2D eigenvalue weighted by Gasteiger charge is -2.12. The second kappa shape index (κ2) is 8.36. The lowest BCUT2D eigenvalue weighted by molar-refractivity contribution is 0.314. The van der Waals surface area contributed by atoms with E-state index in [1.54, 1.807) is 42.5 Å². The lowest BCUT2D eigenvalue weighted by atomic mass is 10.1. The molecule has 12 heteroatoms. The Balaban J connectivity index is 1.30. The number of phenols is 3. The van der Waals surface area contributed by atoms with Crippen LogP contribution in [0.1, 0.15) is 5.76 Å². The first kappa shape index (κ1) is 20.1. The van der Waals surface area contributed by atoms with E-state index in [4.69, 9.17) is 9.05 Å². The highest BCUT2D eigenvalue weighted by molar-refractivity contribution is 5.76. The monoisotopic (exact) mass is 447 g/mol. The van der Waals surface area contributed by atoms with Gasteiger partial charge in [-0.1, -0.05) is 0 Å². The minimum Gasteiger partial charge on any atom is -0.508 e. The molecule has 0 aliphatic carbocycles. The average Bonchev–Trinajstić information content (AvgIpc) is 3.46. The molecule has 0 spiro atoms. The zero-order chi connectivity index (χ0) is 22.8. The molecule has 0 saturated carbocycles. The molecule has 5 aromatic rings. The van der Waals surface area contributed by atoms with Crippen LogP contribution in [0, 0.1) is 0 Å². The van der Waals surface area contributed by atoms with Gasteiger partial charge in [-0.2, -0.15) is 4.98 Å². The summed E-state index contributed by atoms with van der Waals surface area (Å²) in [5.74, 6) is 1.55. The van der Waals surface area contributed by atoms with Gasteiger partial charge in [0.25, 0.3) is 0 Å². The average molecular weight is 447 g/mol. The van der Waals surface area contributed by atoms with Gasteiger partial charge in [0.1, 0.15) is 17.3 Å². The van der Waals surface area contributed by atoms with Crippen molar-refractivity contribution in [1.29, 1.82) is 0 Å². The van der Waals surface area contributed by atoms with Crippen LogP contribution in [0.2, 0.25) is 0 Å². The Morgan fingerprint density at radius 3 is 2.30 bits per heavy atom. The Hall–Kier alpha value is -4.84. The number of nitrogens with one attached hydrogen (secondary N) is 3. The van der Waals surface area contributed by atoms with E-state index >= 15 is 0 Å². The standard InChI is InChI=1S/C21H17N7O5/c29-13-4-2-12(3-5-13)23-18-19(25-21-20(24-18)27-33-28-21)26-22-10-14-6-8-17(32-14)11-1-7-15(30)16(31)9-11/h1-9,22,29-31H,10H2,(H,23,24,27)(H,25,26,28). The molecule has 0 saturated heterocycles. The molecule has 0 atom stereocenters. The van der Waals surface area contributed by atoms with Crippen molar-refractivity contribution in [2.24, 2.45) is 0 Å². The molecule has 3 aromatic heterocycles. The van der Waals surface area contributed by atoms with E-state index in [0.717, 1.165) is 0 Å². The Morgan fingerprint density at radius 1 is 0.788 bits per heavy atom. The summed E-state index contributed by atoms with van der Waals surface area (Å²) >= 11 is 0. The van der Waals surface area contributed by atoms with Crippen molar-refractivity contribution in [2.45, 2.75) is 6.54 Å². The zero-order valence-corrected chi connectivity index (χ0v) is 16.9. The summed E-state index contributed by atoms with van der Waals surface area (Å²) in [5.41, 5.74) is 7.72. The summed E-state index contributed by atoms with van der Waals surface area (Å²) in [7, 11) is 0. The maximum Gasteiger partial charge on any atom is 0.245 e. The Bertz CT molecular complexity index is 1410. The topological polar surface area (TPSA) is 175 Å². The number of hydrogen-bond acceptors (Lipinski definition) is 12. The number of anilines is 3. The third-order valence-corrected chi connectivity index (χ3v) is 4.64. The van der Waals surface area contributed by atoms with Crippen LogP contribution in [-0.4, -0.2) is 35.6 Å². The zero-order valence-electron chi connectivity index (χ0n) is 16.9. The fraction of sp³-hybridized carbons (Fsp3) is 0.0476. The van der Waals surface area contributed by atoms with E-state index in [2.05, 4.69) is 36.4 Å². The van der Waals surface area contributed by atoms with Gasteiger partial charge >= 0.3 is 0 Å². The maximum absolute atomic E-state index is 9.68. The third kappa shape index (κ3) is 4.31. The van der Waals surface area contributed by atoms with Gasteiger partial charge in [0.2, 0.25) is 11.3 Å². The molecule has 0 aliphatic heterocycles. The molecule has 2 aromatic carbocycles. The summed E-state index contributed by atoms with van der Waals surface area (Å²) < 4.78 is 10.5. The van der Waals surface area contributed by atoms with Crippen molar-refractivity contribution < 1.29 is 24.4 Å². The Labute approximate surface area is 185 Å². The normalized spacial score (nSPS) is 11.0. The van der Waals surface area contributed by atoms with Gasteiger partial charge in [0, 0.05) is 11.3 Å². The highest BCUT2D eigenvalue weighted by atomic mass is 16.6. The van der Waals surface area contributed by atoms with Gasteiger partial charge in [-0.25, -0.2) is 15.0 Å². The predicted octanol–water partition coefficient (Wildman–Crippen LogP) is 3.25. The number of benzene rings is 2. The highest BCUT2D eigenvalue weighted by Crippen LogP contribution is 2.31. The number of aromatic nitrogens is 4. The maximum atomic E-state index is 9.68. The molecule has 166 valence electrons. The van der Waals surface area contributed by atoms with Crippen LogP contribution in [0.25, 0.3) is 22.6 Å². The van der Waals surface area contributed by atoms with Crippen LogP contribution in [0.4, 0.5) is 17.3 Å². The second-order valence-electron chi connectivity index (χ2n) is 6.95. The van der Waals surface area contributed by atoms with Gasteiger partial charge < -0.3 is 30.5 Å². The van der Waals surface area contributed by atoms with Crippen LogP contribution in [0.3, 0.4) is 0 Å². The molecule has 0 bridgehead atoms. The van der Waals surface area contributed by atoms with Crippen LogP contribution < -0.4 is 16.2 Å². The van der Waals surface area contributed by atoms with E-state index in [9.17, 15) is 15.3 Å². The third-order valence-electron chi connectivity index (χ3n) is 4.64. The summed E-state index contributed by atoms with van der Waals surface area (Å²) in [5, 5.41) is 39.1. The van der Waals surface area contributed by atoms with Crippen LogP contribution in [0.5, 0.6) is 17.2 Å². The first-order valence-corrected chi connectivity index (χ1v) is 9.71. The quantitative estimate of drug-likeness (QED) is 0.122. The molecule has 0 aliphatic rings. The molecule has 0 amide bonds. The van der Waals surface area contributed by atoms with Crippen LogP contribution in [0.15, 0.2) is 63.6 Å². The number of furan rings is 1. The molecule has 0 unspecified atom stereocenters. The number of rotatable bonds is 7. The number of aromatic hydroxyl groups is 3. The van der Waals surface area contributed by atoms with E-state index < -0.39 is 0 Å². The minimum atomic E-state index is -0.227. The van der Waals surface area contributed by atoms with Crippen LogP contribution in [-0.2, 0) is 6.54 Å². The van der Waals surface area contributed by atoms with Crippen molar-refractivity contribution in [3.8, 4) is 28.6 Å². The van der Waals surface area contributed by atoms with Crippen molar-refractivity contribution >= 4 is 28.6 Å². The molecule has 5 rings (SSSR count). The van der Waals surface area contributed by atoms with Gasteiger partial charge in [-0.15, -0.1) is 0 Å².